The van der Waals surface area contributed by atoms with Crippen molar-refractivity contribution in [1.29, 1.82) is 0 Å². The molecule has 2 heterocycles. The smallest absolute Gasteiger partial charge is 0.257 e. The Hall–Kier alpha value is -1.36. The average molecular weight is 250 g/mol. The van der Waals surface area contributed by atoms with Crippen LogP contribution in [0, 0.1) is 12.8 Å². The Morgan fingerprint density at radius 2 is 2.28 bits per heavy atom. The molecule has 1 aliphatic rings. The molecule has 0 aliphatic carbocycles. The van der Waals surface area contributed by atoms with Gasteiger partial charge in [0.2, 0.25) is 0 Å². The minimum Gasteiger partial charge on any atom is -0.336 e. The van der Waals surface area contributed by atoms with Crippen molar-refractivity contribution in [2.24, 2.45) is 18.7 Å². The Balaban J connectivity index is 2.19. The van der Waals surface area contributed by atoms with Gasteiger partial charge < -0.3 is 10.6 Å². The fraction of sp³-hybridized carbons (Fsp3) is 0.692. The van der Waals surface area contributed by atoms with Gasteiger partial charge in [0.1, 0.15) is 0 Å². The maximum atomic E-state index is 12.5. The Morgan fingerprint density at radius 1 is 1.56 bits per heavy atom. The maximum Gasteiger partial charge on any atom is 0.257 e. The first kappa shape index (κ1) is 13.1. The monoisotopic (exact) mass is 250 g/mol. The molecule has 5 heteroatoms. The second-order valence-electron chi connectivity index (χ2n) is 5.29. The van der Waals surface area contributed by atoms with Crippen molar-refractivity contribution in [2.75, 3.05) is 13.1 Å². The minimum absolute atomic E-state index is 0.0891. The highest BCUT2D eigenvalue weighted by atomic mass is 16.2. The molecular formula is C13H22N4O. The summed E-state index contributed by atoms with van der Waals surface area (Å²) in [5.41, 5.74) is 7.24. The molecule has 2 N–H and O–H groups in total. The van der Waals surface area contributed by atoms with Crippen LogP contribution in [0.2, 0.25) is 0 Å². The second-order valence-corrected chi connectivity index (χ2v) is 5.29. The van der Waals surface area contributed by atoms with Crippen LogP contribution in [-0.4, -0.2) is 39.7 Å². The molecule has 1 aliphatic heterocycles. The zero-order valence-corrected chi connectivity index (χ0v) is 11.4. The summed E-state index contributed by atoms with van der Waals surface area (Å²) in [7, 11) is 1.84. The predicted molar refractivity (Wildman–Crippen MR) is 70.2 cm³/mol. The largest absolute Gasteiger partial charge is 0.336 e. The van der Waals surface area contributed by atoms with E-state index in [4.69, 9.17) is 5.73 Å². The summed E-state index contributed by atoms with van der Waals surface area (Å²) < 4.78 is 1.69. The highest BCUT2D eigenvalue weighted by Crippen LogP contribution is 2.23. The molecule has 1 aromatic rings. The van der Waals surface area contributed by atoms with Crippen molar-refractivity contribution in [1.82, 2.24) is 14.7 Å². The molecule has 1 saturated heterocycles. The number of amides is 1. The van der Waals surface area contributed by atoms with Gasteiger partial charge in [-0.2, -0.15) is 5.10 Å². The van der Waals surface area contributed by atoms with Gasteiger partial charge in [-0.15, -0.1) is 0 Å². The van der Waals surface area contributed by atoms with Crippen LogP contribution >= 0.6 is 0 Å². The molecule has 2 rings (SSSR count). The summed E-state index contributed by atoms with van der Waals surface area (Å²) in [6.07, 6.45) is 3.96. The van der Waals surface area contributed by atoms with E-state index in [0.717, 1.165) is 25.1 Å². The van der Waals surface area contributed by atoms with Gasteiger partial charge in [0.05, 0.1) is 11.3 Å². The fourth-order valence-corrected chi connectivity index (χ4v) is 2.62. The first-order valence-corrected chi connectivity index (χ1v) is 6.54. The minimum atomic E-state index is 0.0891. The van der Waals surface area contributed by atoms with Crippen LogP contribution in [0.15, 0.2) is 6.20 Å². The third-order valence-corrected chi connectivity index (χ3v) is 3.82. The fourth-order valence-electron chi connectivity index (χ4n) is 2.62. The Morgan fingerprint density at radius 3 is 2.83 bits per heavy atom. The Labute approximate surface area is 108 Å². The summed E-state index contributed by atoms with van der Waals surface area (Å²) in [5.74, 6) is 0.522. The SMILES string of the molecule is Cc1nn(C)cc1C(=O)N1CC(CN)CCC1C. The van der Waals surface area contributed by atoms with Crippen molar-refractivity contribution < 1.29 is 4.79 Å². The summed E-state index contributed by atoms with van der Waals surface area (Å²) in [6.45, 7) is 5.41. The number of nitrogens with two attached hydrogens (primary N) is 1. The molecule has 0 aromatic carbocycles. The third kappa shape index (κ3) is 2.41. The van der Waals surface area contributed by atoms with Crippen LogP contribution < -0.4 is 5.73 Å². The number of hydrogen-bond donors (Lipinski definition) is 1. The number of aromatic nitrogens is 2. The van der Waals surface area contributed by atoms with Crippen LogP contribution in [0.5, 0.6) is 0 Å². The molecule has 0 bridgehead atoms. The zero-order chi connectivity index (χ0) is 13.3. The summed E-state index contributed by atoms with van der Waals surface area (Å²) >= 11 is 0. The lowest BCUT2D eigenvalue weighted by molar-refractivity contribution is 0.0566. The normalized spacial score (nSPS) is 24.3. The number of likely N-dealkylation sites (tertiary alicyclic amines) is 1. The number of carbonyl (C=O) groups excluding carboxylic acids is 1. The van der Waals surface area contributed by atoms with E-state index in [1.54, 1.807) is 10.9 Å². The van der Waals surface area contributed by atoms with E-state index in [0.29, 0.717) is 24.1 Å². The van der Waals surface area contributed by atoms with Crippen molar-refractivity contribution in [2.45, 2.75) is 32.7 Å². The van der Waals surface area contributed by atoms with Crippen molar-refractivity contribution in [3.63, 3.8) is 0 Å². The molecule has 5 nitrogen and oxygen atoms in total. The lowest BCUT2D eigenvalue weighted by atomic mass is 9.93. The molecule has 0 radical (unpaired) electrons. The van der Waals surface area contributed by atoms with Gasteiger partial charge in [-0.3, -0.25) is 9.48 Å². The first-order chi connectivity index (χ1) is 8.52. The van der Waals surface area contributed by atoms with Crippen LogP contribution in [0.25, 0.3) is 0 Å². The Kier molecular flexibility index (Phi) is 3.71. The van der Waals surface area contributed by atoms with Crippen molar-refractivity contribution >= 4 is 5.91 Å². The van der Waals surface area contributed by atoms with E-state index in [1.165, 1.54) is 0 Å². The van der Waals surface area contributed by atoms with E-state index >= 15 is 0 Å². The maximum absolute atomic E-state index is 12.5. The van der Waals surface area contributed by atoms with Gasteiger partial charge in [0.25, 0.3) is 5.91 Å². The number of nitrogens with zero attached hydrogens (tertiary/aromatic N) is 3. The third-order valence-electron chi connectivity index (χ3n) is 3.82. The summed E-state index contributed by atoms with van der Waals surface area (Å²) in [4.78, 5) is 14.5. The van der Waals surface area contributed by atoms with Crippen LogP contribution in [-0.2, 0) is 7.05 Å². The van der Waals surface area contributed by atoms with Crippen LogP contribution in [0.3, 0.4) is 0 Å². The van der Waals surface area contributed by atoms with E-state index in [2.05, 4.69) is 12.0 Å². The topological polar surface area (TPSA) is 64.2 Å². The van der Waals surface area contributed by atoms with Gasteiger partial charge in [-0.1, -0.05) is 0 Å². The molecule has 1 amide bonds. The second kappa shape index (κ2) is 5.10. The van der Waals surface area contributed by atoms with Gasteiger partial charge in [-0.25, -0.2) is 0 Å². The molecule has 0 saturated carbocycles. The predicted octanol–water partition coefficient (Wildman–Crippen LogP) is 0.928. The molecule has 0 spiro atoms. The lowest BCUT2D eigenvalue weighted by Crippen LogP contribution is -2.47. The van der Waals surface area contributed by atoms with Crippen molar-refractivity contribution in [3.8, 4) is 0 Å². The number of hydrogen-bond acceptors (Lipinski definition) is 3. The van der Waals surface area contributed by atoms with Gasteiger partial charge in [0.15, 0.2) is 0 Å². The molecule has 1 fully saturated rings. The van der Waals surface area contributed by atoms with E-state index in [1.807, 2.05) is 18.9 Å². The molecule has 1 aromatic heterocycles. The van der Waals surface area contributed by atoms with Gasteiger partial charge >= 0.3 is 0 Å². The Bertz CT molecular complexity index is 440. The quantitative estimate of drug-likeness (QED) is 0.849. The molecular weight excluding hydrogens is 228 g/mol. The standard InChI is InChI=1S/C13H22N4O/c1-9-4-5-11(6-14)7-17(9)13(18)12-8-16(3)15-10(12)2/h8-9,11H,4-7,14H2,1-3H3. The van der Waals surface area contributed by atoms with Crippen LogP contribution in [0.1, 0.15) is 35.8 Å². The first-order valence-electron chi connectivity index (χ1n) is 6.54. The van der Waals surface area contributed by atoms with Crippen LogP contribution in [0.4, 0.5) is 0 Å². The van der Waals surface area contributed by atoms with Gasteiger partial charge in [0, 0.05) is 25.8 Å². The lowest BCUT2D eigenvalue weighted by Gasteiger charge is -2.37. The highest BCUT2D eigenvalue weighted by molar-refractivity contribution is 5.95. The van der Waals surface area contributed by atoms with E-state index in [-0.39, 0.29) is 5.91 Å². The molecule has 100 valence electrons. The number of piperidine rings is 1. The van der Waals surface area contributed by atoms with E-state index < -0.39 is 0 Å². The number of carbonyl (C=O) groups is 1. The molecule has 2 unspecified atom stereocenters. The number of rotatable bonds is 2. The van der Waals surface area contributed by atoms with Crippen molar-refractivity contribution in [3.05, 3.63) is 17.5 Å². The average Bonchev–Trinajstić information content (AvgIpc) is 2.68. The molecule has 2 atom stereocenters. The zero-order valence-electron chi connectivity index (χ0n) is 11.4. The molecule has 18 heavy (non-hydrogen) atoms. The highest BCUT2D eigenvalue weighted by Gasteiger charge is 2.30. The summed E-state index contributed by atoms with van der Waals surface area (Å²) in [5, 5.41) is 4.24. The van der Waals surface area contributed by atoms with E-state index in [9.17, 15) is 4.79 Å². The van der Waals surface area contributed by atoms with Gasteiger partial charge in [-0.05, 0) is 39.2 Å². The summed E-state index contributed by atoms with van der Waals surface area (Å²) in [6, 6.07) is 0.292. The number of aryl methyl sites for hydroxylation is 2.